The van der Waals surface area contributed by atoms with E-state index < -0.39 is 18.4 Å². The molecular formula is C24H44Sn. The Labute approximate surface area is 163 Å². The monoisotopic (exact) mass is 452 g/mol. The molecule has 1 rings (SSSR count). The van der Waals surface area contributed by atoms with Gasteiger partial charge in [-0.05, 0) is 0 Å². The van der Waals surface area contributed by atoms with Crippen molar-refractivity contribution in [3.8, 4) is 0 Å². The molecule has 0 aliphatic heterocycles. The molecule has 0 heterocycles. The van der Waals surface area contributed by atoms with Crippen molar-refractivity contribution >= 4 is 22.0 Å². The van der Waals surface area contributed by atoms with Gasteiger partial charge in [0.1, 0.15) is 0 Å². The predicted octanol–water partition coefficient (Wildman–Crippen LogP) is 8.08. The van der Waals surface area contributed by atoms with Crippen molar-refractivity contribution in [2.24, 2.45) is 0 Å². The molecule has 0 aliphatic carbocycles. The number of rotatable bonds is 16. The summed E-state index contributed by atoms with van der Waals surface area (Å²) in [6.45, 7) is 7.01. The molecule has 0 saturated carbocycles. The standard InChI is InChI=1S/C6H5.3C6H13.Sn/c1-2-4-6-5-3-1;3*1-3-5-6-4-2;/h1-5H;3*1,3-6H2,2H3;. The van der Waals surface area contributed by atoms with Crippen LogP contribution in [0, 0.1) is 0 Å². The van der Waals surface area contributed by atoms with Crippen molar-refractivity contribution < 1.29 is 0 Å². The third-order valence-corrected chi connectivity index (χ3v) is 21.6. The summed E-state index contributed by atoms with van der Waals surface area (Å²) in [4.78, 5) is 0. The zero-order valence-electron chi connectivity index (χ0n) is 17.5. The third-order valence-electron chi connectivity index (χ3n) is 5.91. The van der Waals surface area contributed by atoms with Crippen LogP contribution in [0.3, 0.4) is 0 Å². The van der Waals surface area contributed by atoms with Crippen molar-refractivity contribution in [3.63, 3.8) is 0 Å². The van der Waals surface area contributed by atoms with Crippen molar-refractivity contribution in [1.29, 1.82) is 0 Å². The topological polar surface area (TPSA) is 0 Å². The van der Waals surface area contributed by atoms with Crippen LogP contribution in [0.15, 0.2) is 30.3 Å². The van der Waals surface area contributed by atoms with Gasteiger partial charge in [0.25, 0.3) is 0 Å². The van der Waals surface area contributed by atoms with Gasteiger partial charge in [0, 0.05) is 0 Å². The van der Waals surface area contributed by atoms with Crippen LogP contribution in [-0.4, -0.2) is 18.4 Å². The Bertz CT molecular complexity index is 367. The zero-order chi connectivity index (χ0) is 18.2. The number of hydrogen-bond donors (Lipinski definition) is 0. The quantitative estimate of drug-likeness (QED) is 0.176. The minimum absolute atomic E-state index is 1.36. The molecule has 0 nitrogen and oxygen atoms in total. The second-order valence-electron chi connectivity index (χ2n) is 8.08. The van der Waals surface area contributed by atoms with E-state index in [2.05, 4.69) is 51.1 Å². The maximum atomic E-state index is 2.51. The second kappa shape index (κ2) is 15.1. The van der Waals surface area contributed by atoms with Crippen LogP contribution >= 0.6 is 0 Å². The minimum atomic E-state index is -2.22. The fourth-order valence-corrected chi connectivity index (χ4v) is 19.4. The summed E-state index contributed by atoms with van der Waals surface area (Å²) in [5.41, 5.74) is 0. The Morgan fingerprint density at radius 3 is 1.28 bits per heavy atom. The molecule has 0 bridgehead atoms. The average molecular weight is 451 g/mol. The van der Waals surface area contributed by atoms with E-state index in [1.807, 2.05) is 3.58 Å². The first-order valence-corrected chi connectivity index (χ1v) is 18.8. The molecule has 0 radical (unpaired) electrons. The van der Waals surface area contributed by atoms with Gasteiger partial charge in [0.2, 0.25) is 0 Å². The molecule has 0 aromatic heterocycles. The first-order valence-electron chi connectivity index (χ1n) is 11.3. The summed E-state index contributed by atoms with van der Waals surface area (Å²) in [7, 11) is 0. The van der Waals surface area contributed by atoms with Crippen molar-refractivity contribution in [1.82, 2.24) is 0 Å². The second-order valence-corrected chi connectivity index (χ2v) is 21.3. The van der Waals surface area contributed by atoms with E-state index in [0.29, 0.717) is 0 Å². The molecule has 0 atom stereocenters. The van der Waals surface area contributed by atoms with Crippen LogP contribution in [0.4, 0.5) is 0 Å². The van der Waals surface area contributed by atoms with Gasteiger partial charge in [-0.1, -0.05) is 0 Å². The first kappa shape index (κ1) is 23.1. The summed E-state index contributed by atoms with van der Waals surface area (Å²) in [5, 5.41) is 0. The molecule has 1 heteroatoms. The first-order chi connectivity index (χ1) is 12.3. The molecule has 1 aromatic carbocycles. The van der Waals surface area contributed by atoms with E-state index in [-0.39, 0.29) is 0 Å². The van der Waals surface area contributed by atoms with Crippen molar-refractivity contribution in [2.45, 2.75) is 111 Å². The van der Waals surface area contributed by atoms with Crippen molar-refractivity contribution in [3.05, 3.63) is 30.3 Å². The summed E-state index contributed by atoms with van der Waals surface area (Å²) < 4.78 is 6.66. The van der Waals surface area contributed by atoms with Crippen molar-refractivity contribution in [2.75, 3.05) is 0 Å². The molecule has 0 aliphatic rings. The van der Waals surface area contributed by atoms with Gasteiger partial charge in [-0.15, -0.1) is 0 Å². The molecule has 0 spiro atoms. The van der Waals surface area contributed by atoms with Crippen LogP contribution < -0.4 is 3.58 Å². The molecular weight excluding hydrogens is 407 g/mol. The fourth-order valence-electron chi connectivity index (χ4n) is 4.27. The fraction of sp³-hybridized carbons (Fsp3) is 0.750. The normalized spacial score (nSPS) is 11.8. The molecule has 0 unspecified atom stereocenters. The Balaban J connectivity index is 2.82. The zero-order valence-corrected chi connectivity index (χ0v) is 20.3. The Kier molecular flexibility index (Phi) is 13.9. The van der Waals surface area contributed by atoms with Gasteiger partial charge in [0.05, 0.1) is 0 Å². The Hall–Kier alpha value is 0.0187. The Morgan fingerprint density at radius 2 is 0.920 bits per heavy atom. The summed E-state index contributed by atoms with van der Waals surface area (Å²) >= 11 is -2.22. The van der Waals surface area contributed by atoms with Gasteiger partial charge in [-0.2, -0.15) is 0 Å². The molecule has 0 N–H and O–H groups in total. The summed E-state index contributed by atoms with van der Waals surface area (Å²) in [6, 6.07) is 11.9. The Morgan fingerprint density at radius 1 is 0.520 bits per heavy atom. The van der Waals surface area contributed by atoms with Crippen LogP contribution in [0.2, 0.25) is 13.3 Å². The molecule has 0 saturated heterocycles. The number of unbranched alkanes of at least 4 members (excludes halogenated alkanes) is 9. The number of hydrogen-bond acceptors (Lipinski definition) is 0. The number of benzene rings is 1. The summed E-state index contributed by atoms with van der Waals surface area (Å²) in [5.74, 6) is 0. The SMILES string of the molecule is CCCCC[CH2][Sn]([CH2]CCCCC)([CH2]CCCCC)[c]1ccccc1. The van der Waals surface area contributed by atoms with Gasteiger partial charge >= 0.3 is 163 Å². The van der Waals surface area contributed by atoms with E-state index in [0.717, 1.165) is 0 Å². The van der Waals surface area contributed by atoms with Gasteiger partial charge < -0.3 is 0 Å². The third kappa shape index (κ3) is 9.50. The average Bonchev–Trinajstić information content (AvgIpc) is 2.66. The van der Waals surface area contributed by atoms with E-state index in [1.54, 1.807) is 13.3 Å². The van der Waals surface area contributed by atoms with E-state index in [9.17, 15) is 0 Å². The van der Waals surface area contributed by atoms with E-state index in [4.69, 9.17) is 0 Å². The summed E-state index contributed by atoms with van der Waals surface area (Å²) in [6.07, 6.45) is 17.3. The van der Waals surface area contributed by atoms with E-state index >= 15 is 0 Å². The van der Waals surface area contributed by atoms with Gasteiger partial charge in [-0.25, -0.2) is 0 Å². The molecule has 25 heavy (non-hydrogen) atoms. The molecule has 0 amide bonds. The van der Waals surface area contributed by atoms with E-state index in [1.165, 1.54) is 77.0 Å². The van der Waals surface area contributed by atoms with Crippen LogP contribution in [0.5, 0.6) is 0 Å². The van der Waals surface area contributed by atoms with Gasteiger partial charge in [-0.3, -0.25) is 0 Å². The van der Waals surface area contributed by atoms with Crippen LogP contribution in [-0.2, 0) is 0 Å². The van der Waals surface area contributed by atoms with Gasteiger partial charge in [0.15, 0.2) is 0 Å². The van der Waals surface area contributed by atoms with Crippen LogP contribution in [0.25, 0.3) is 0 Å². The predicted molar refractivity (Wildman–Crippen MR) is 119 cm³/mol. The molecule has 1 aromatic rings. The molecule has 144 valence electrons. The van der Waals surface area contributed by atoms with Crippen LogP contribution in [0.1, 0.15) is 97.8 Å². The maximum absolute atomic E-state index is 2.51. The molecule has 0 fully saturated rings.